The molecule has 2 rings (SSSR count). The molecule has 1 N–H and O–H groups in total. The molecule has 1 aromatic rings. The van der Waals surface area contributed by atoms with E-state index in [2.05, 4.69) is 10.3 Å². The maximum absolute atomic E-state index is 12.1. The summed E-state index contributed by atoms with van der Waals surface area (Å²) in [7, 11) is 1.93. The quantitative estimate of drug-likeness (QED) is 0.902. The second kappa shape index (κ2) is 7.56. The molecule has 1 fully saturated rings. The van der Waals surface area contributed by atoms with Gasteiger partial charge in [-0.2, -0.15) is 0 Å². The minimum atomic E-state index is 0. The highest BCUT2D eigenvalue weighted by Crippen LogP contribution is 2.12. The molecule has 0 spiro atoms. The van der Waals surface area contributed by atoms with Gasteiger partial charge in [-0.15, -0.1) is 24.8 Å². The SMILES string of the molecule is CNC1CCN(C(=O)c2cccc(C)n2)C1.Cl.Cl. The van der Waals surface area contributed by atoms with Crippen molar-refractivity contribution in [3.63, 3.8) is 0 Å². The van der Waals surface area contributed by atoms with Gasteiger partial charge in [0, 0.05) is 24.8 Å². The lowest BCUT2D eigenvalue weighted by Crippen LogP contribution is -2.33. The van der Waals surface area contributed by atoms with E-state index in [1.54, 1.807) is 6.07 Å². The minimum Gasteiger partial charge on any atom is -0.336 e. The van der Waals surface area contributed by atoms with Gasteiger partial charge in [0.05, 0.1) is 0 Å². The molecule has 1 aliphatic heterocycles. The summed E-state index contributed by atoms with van der Waals surface area (Å²) in [4.78, 5) is 18.2. The smallest absolute Gasteiger partial charge is 0.272 e. The maximum Gasteiger partial charge on any atom is 0.272 e. The molecule has 4 nitrogen and oxygen atoms in total. The summed E-state index contributed by atoms with van der Waals surface area (Å²) in [5, 5.41) is 3.20. The van der Waals surface area contributed by atoms with E-state index in [4.69, 9.17) is 0 Å². The molecule has 2 heterocycles. The minimum absolute atomic E-state index is 0. The van der Waals surface area contributed by atoms with Crippen molar-refractivity contribution in [1.29, 1.82) is 0 Å². The highest BCUT2D eigenvalue weighted by atomic mass is 35.5. The van der Waals surface area contributed by atoms with Crippen LogP contribution in [0.25, 0.3) is 0 Å². The lowest BCUT2D eigenvalue weighted by Gasteiger charge is -2.15. The second-order valence-electron chi connectivity index (χ2n) is 4.19. The summed E-state index contributed by atoms with van der Waals surface area (Å²) in [6.45, 7) is 3.50. The zero-order valence-electron chi connectivity index (χ0n) is 10.5. The molecule has 18 heavy (non-hydrogen) atoms. The van der Waals surface area contributed by atoms with E-state index in [0.717, 1.165) is 25.2 Å². The summed E-state index contributed by atoms with van der Waals surface area (Å²) in [6, 6.07) is 5.98. The molecule has 0 saturated carbocycles. The number of hydrogen-bond acceptors (Lipinski definition) is 3. The van der Waals surface area contributed by atoms with Crippen LogP contribution < -0.4 is 5.32 Å². The molecule has 1 saturated heterocycles. The van der Waals surface area contributed by atoms with Gasteiger partial charge in [0.1, 0.15) is 5.69 Å². The van der Waals surface area contributed by atoms with Crippen LogP contribution in [0.2, 0.25) is 0 Å². The van der Waals surface area contributed by atoms with Crippen LogP contribution in [0, 0.1) is 6.92 Å². The summed E-state index contributed by atoms with van der Waals surface area (Å²) in [5.74, 6) is 0.0430. The second-order valence-corrected chi connectivity index (χ2v) is 4.19. The third-order valence-corrected chi connectivity index (χ3v) is 2.99. The summed E-state index contributed by atoms with van der Waals surface area (Å²) >= 11 is 0. The van der Waals surface area contributed by atoms with Gasteiger partial charge in [0.15, 0.2) is 0 Å². The van der Waals surface area contributed by atoms with Gasteiger partial charge in [0.25, 0.3) is 5.91 Å². The molecule has 1 amide bonds. The summed E-state index contributed by atoms with van der Waals surface area (Å²) < 4.78 is 0. The molecule has 1 atom stereocenters. The van der Waals surface area contributed by atoms with Crippen molar-refractivity contribution in [3.8, 4) is 0 Å². The fourth-order valence-corrected chi connectivity index (χ4v) is 2.00. The number of likely N-dealkylation sites (tertiary alicyclic amines) is 1. The molecule has 0 aliphatic carbocycles. The number of pyridine rings is 1. The molecule has 102 valence electrons. The first-order chi connectivity index (χ1) is 7.70. The van der Waals surface area contributed by atoms with Crippen LogP contribution in [0.1, 0.15) is 22.6 Å². The molecule has 0 radical (unpaired) electrons. The Kier molecular flexibility index (Phi) is 7.21. The van der Waals surface area contributed by atoms with Gasteiger partial charge in [-0.25, -0.2) is 4.98 Å². The van der Waals surface area contributed by atoms with Crippen LogP contribution in [-0.4, -0.2) is 42.0 Å². The topological polar surface area (TPSA) is 45.2 Å². The van der Waals surface area contributed by atoms with Gasteiger partial charge in [-0.3, -0.25) is 4.79 Å². The van der Waals surface area contributed by atoms with Crippen molar-refractivity contribution in [3.05, 3.63) is 29.6 Å². The van der Waals surface area contributed by atoms with Gasteiger partial charge in [0.2, 0.25) is 0 Å². The van der Waals surface area contributed by atoms with E-state index >= 15 is 0 Å². The Morgan fingerprint density at radius 2 is 2.17 bits per heavy atom. The normalized spacial score (nSPS) is 17.9. The number of halogens is 2. The third-order valence-electron chi connectivity index (χ3n) is 2.99. The largest absolute Gasteiger partial charge is 0.336 e. The number of likely N-dealkylation sites (N-methyl/N-ethyl adjacent to an activating group) is 1. The van der Waals surface area contributed by atoms with E-state index < -0.39 is 0 Å². The first kappa shape index (κ1) is 17.2. The fourth-order valence-electron chi connectivity index (χ4n) is 2.00. The monoisotopic (exact) mass is 291 g/mol. The Morgan fingerprint density at radius 3 is 2.72 bits per heavy atom. The molecule has 0 aromatic carbocycles. The predicted octanol–water partition coefficient (Wildman–Crippen LogP) is 1.67. The number of aryl methyl sites for hydroxylation is 1. The van der Waals surface area contributed by atoms with Crippen molar-refractivity contribution in [2.45, 2.75) is 19.4 Å². The molecule has 1 aromatic heterocycles. The van der Waals surface area contributed by atoms with Crippen LogP contribution in [-0.2, 0) is 0 Å². The highest BCUT2D eigenvalue weighted by molar-refractivity contribution is 5.92. The first-order valence-corrected chi connectivity index (χ1v) is 5.61. The maximum atomic E-state index is 12.1. The van der Waals surface area contributed by atoms with E-state index in [0.29, 0.717) is 11.7 Å². The molecular formula is C12H19Cl2N3O. The highest BCUT2D eigenvalue weighted by Gasteiger charge is 2.26. The summed E-state index contributed by atoms with van der Waals surface area (Å²) in [6.07, 6.45) is 1.02. The van der Waals surface area contributed by atoms with Crippen LogP contribution in [0.15, 0.2) is 18.2 Å². The van der Waals surface area contributed by atoms with Crippen molar-refractivity contribution >= 4 is 30.7 Å². The van der Waals surface area contributed by atoms with Crippen LogP contribution in [0.5, 0.6) is 0 Å². The number of nitrogens with zero attached hydrogens (tertiary/aromatic N) is 2. The van der Waals surface area contributed by atoms with Crippen LogP contribution >= 0.6 is 24.8 Å². The zero-order chi connectivity index (χ0) is 11.5. The Hall–Kier alpha value is -0.840. The number of carbonyl (C=O) groups is 1. The van der Waals surface area contributed by atoms with Crippen molar-refractivity contribution in [2.24, 2.45) is 0 Å². The number of nitrogens with one attached hydrogen (secondary N) is 1. The van der Waals surface area contributed by atoms with Crippen LogP contribution in [0.3, 0.4) is 0 Å². The van der Waals surface area contributed by atoms with Crippen LogP contribution in [0.4, 0.5) is 0 Å². The molecule has 1 aliphatic rings. The number of rotatable bonds is 2. The average molecular weight is 292 g/mol. The van der Waals surface area contributed by atoms with E-state index in [1.165, 1.54) is 0 Å². The Labute approximate surface area is 120 Å². The summed E-state index contributed by atoms with van der Waals surface area (Å²) in [5.41, 5.74) is 1.44. The Bertz CT molecular complexity index is 401. The van der Waals surface area contributed by atoms with Crippen molar-refractivity contribution in [1.82, 2.24) is 15.2 Å². The zero-order valence-corrected chi connectivity index (χ0v) is 12.2. The molecule has 6 heteroatoms. The first-order valence-electron chi connectivity index (χ1n) is 5.61. The number of carbonyl (C=O) groups excluding carboxylic acids is 1. The Morgan fingerprint density at radius 1 is 1.44 bits per heavy atom. The Balaban J connectivity index is 0.00000144. The molecule has 1 unspecified atom stereocenters. The predicted molar refractivity (Wildman–Crippen MR) is 76.8 cm³/mol. The van der Waals surface area contributed by atoms with E-state index in [1.807, 2.05) is 31.0 Å². The number of aromatic nitrogens is 1. The lowest BCUT2D eigenvalue weighted by atomic mass is 10.3. The third kappa shape index (κ3) is 3.83. The standard InChI is InChI=1S/C12H17N3O.2ClH/c1-9-4-3-5-11(14-9)12(16)15-7-6-10(8-15)13-2;;/h3-5,10,13H,6-8H2,1-2H3;2*1H. The van der Waals surface area contributed by atoms with Crippen molar-refractivity contribution in [2.75, 3.05) is 20.1 Å². The molecular weight excluding hydrogens is 273 g/mol. The lowest BCUT2D eigenvalue weighted by molar-refractivity contribution is 0.0783. The van der Waals surface area contributed by atoms with Crippen molar-refractivity contribution < 1.29 is 4.79 Å². The van der Waals surface area contributed by atoms with E-state index in [9.17, 15) is 4.79 Å². The average Bonchev–Trinajstić information content (AvgIpc) is 2.76. The number of amides is 1. The molecule has 0 bridgehead atoms. The van der Waals surface area contributed by atoms with Gasteiger partial charge >= 0.3 is 0 Å². The van der Waals surface area contributed by atoms with Gasteiger partial charge in [-0.1, -0.05) is 6.07 Å². The van der Waals surface area contributed by atoms with Gasteiger partial charge in [-0.05, 0) is 32.5 Å². The number of hydrogen-bond donors (Lipinski definition) is 1. The fraction of sp³-hybridized carbons (Fsp3) is 0.500. The van der Waals surface area contributed by atoms with Gasteiger partial charge < -0.3 is 10.2 Å². The van der Waals surface area contributed by atoms with E-state index in [-0.39, 0.29) is 30.7 Å².